The number of hydrogen-bond acceptors (Lipinski definition) is 5. The zero-order valence-electron chi connectivity index (χ0n) is 14.5. The lowest BCUT2D eigenvalue weighted by molar-refractivity contribution is -0.0919. The SMILES string of the molecule is N=CC(=C(N)C(F)(F)F)c1cc(C2CCCC2)c2c(C=N)c(N)ccc2n1. The van der Waals surface area contributed by atoms with Crippen LogP contribution >= 0.6 is 0 Å². The van der Waals surface area contributed by atoms with Gasteiger partial charge in [0.25, 0.3) is 0 Å². The van der Waals surface area contributed by atoms with Gasteiger partial charge >= 0.3 is 6.18 Å². The van der Waals surface area contributed by atoms with Gasteiger partial charge in [0.05, 0.1) is 11.2 Å². The Morgan fingerprint density at radius 3 is 2.41 bits per heavy atom. The largest absolute Gasteiger partial charge is 0.431 e. The standard InChI is InChI=1S/C19H20F3N5/c20-19(21,22)18(26)13(9-24)16-7-11(10-3-1-2-4-10)17-12(8-23)14(25)5-6-15(17)27-16/h5-10,23-24H,1-4,25-26H2. The van der Waals surface area contributed by atoms with Crippen molar-refractivity contribution in [2.75, 3.05) is 5.73 Å². The van der Waals surface area contributed by atoms with Crippen molar-refractivity contribution in [1.82, 2.24) is 4.98 Å². The average molecular weight is 375 g/mol. The smallest absolute Gasteiger partial charge is 0.398 e. The number of hydrogen-bond donors (Lipinski definition) is 4. The summed E-state index contributed by atoms with van der Waals surface area (Å²) in [5, 5.41) is 15.9. The quantitative estimate of drug-likeness (QED) is 0.470. The number of nitrogens with zero attached hydrogens (tertiary/aromatic N) is 1. The fraction of sp³-hybridized carbons (Fsp3) is 0.316. The highest BCUT2D eigenvalue weighted by molar-refractivity contribution is 6.11. The minimum atomic E-state index is -4.75. The Morgan fingerprint density at radius 2 is 1.85 bits per heavy atom. The summed E-state index contributed by atoms with van der Waals surface area (Å²) in [6.07, 6.45) is 0.859. The van der Waals surface area contributed by atoms with Crippen molar-refractivity contribution in [3.63, 3.8) is 0 Å². The molecule has 0 unspecified atom stereocenters. The van der Waals surface area contributed by atoms with Gasteiger partial charge in [-0.15, -0.1) is 0 Å². The van der Waals surface area contributed by atoms with E-state index in [1.807, 2.05) is 0 Å². The normalized spacial score (nSPS) is 16.4. The van der Waals surface area contributed by atoms with Crippen molar-refractivity contribution in [3.8, 4) is 0 Å². The van der Waals surface area contributed by atoms with Gasteiger partial charge in [-0.2, -0.15) is 13.2 Å². The van der Waals surface area contributed by atoms with Crippen LogP contribution in [0.5, 0.6) is 0 Å². The number of nitrogen functional groups attached to an aromatic ring is 1. The van der Waals surface area contributed by atoms with Gasteiger partial charge in [0.15, 0.2) is 0 Å². The maximum Gasteiger partial charge on any atom is 0.431 e. The summed E-state index contributed by atoms with van der Waals surface area (Å²) in [6.45, 7) is 0. The predicted molar refractivity (Wildman–Crippen MR) is 101 cm³/mol. The summed E-state index contributed by atoms with van der Waals surface area (Å²) in [7, 11) is 0. The first-order valence-electron chi connectivity index (χ1n) is 8.59. The van der Waals surface area contributed by atoms with Gasteiger partial charge in [-0.05, 0) is 42.5 Å². The number of anilines is 1. The first-order chi connectivity index (χ1) is 12.8. The molecule has 0 bridgehead atoms. The third-order valence-corrected chi connectivity index (χ3v) is 5.03. The molecule has 142 valence electrons. The summed E-state index contributed by atoms with van der Waals surface area (Å²) < 4.78 is 39.3. The number of fused-ring (bicyclic) bond motifs is 1. The number of allylic oxidation sites excluding steroid dienone is 2. The van der Waals surface area contributed by atoms with Gasteiger partial charge in [-0.3, -0.25) is 0 Å². The van der Waals surface area contributed by atoms with E-state index in [2.05, 4.69) is 4.98 Å². The summed E-state index contributed by atoms with van der Waals surface area (Å²) in [5.74, 6) is 0.147. The molecular weight excluding hydrogens is 355 g/mol. The number of nitrogens with two attached hydrogens (primary N) is 2. The monoisotopic (exact) mass is 375 g/mol. The van der Waals surface area contributed by atoms with Gasteiger partial charge in [-0.1, -0.05) is 12.8 Å². The molecule has 6 N–H and O–H groups in total. The van der Waals surface area contributed by atoms with Gasteiger partial charge < -0.3 is 22.3 Å². The number of benzene rings is 1. The van der Waals surface area contributed by atoms with E-state index in [0.29, 0.717) is 28.4 Å². The highest BCUT2D eigenvalue weighted by atomic mass is 19.4. The molecule has 0 saturated heterocycles. The molecule has 0 spiro atoms. The van der Waals surface area contributed by atoms with Crippen LogP contribution in [0, 0.1) is 10.8 Å². The fourth-order valence-electron chi connectivity index (χ4n) is 3.70. The highest BCUT2D eigenvalue weighted by Gasteiger charge is 2.35. The van der Waals surface area contributed by atoms with Gasteiger partial charge in [0.2, 0.25) is 0 Å². The molecule has 3 rings (SSSR count). The minimum Gasteiger partial charge on any atom is -0.398 e. The van der Waals surface area contributed by atoms with Crippen LogP contribution in [-0.2, 0) is 0 Å². The lowest BCUT2D eigenvalue weighted by atomic mass is 9.89. The molecule has 8 heteroatoms. The highest BCUT2D eigenvalue weighted by Crippen LogP contribution is 2.40. The third-order valence-electron chi connectivity index (χ3n) is 5.03. The molecule has 5 nitrogen and oxygen atoms in total. The Bertz CT molecular complexity index is 940. The topological polar surface area (TPSA) is 113 Å². The number of nitrogens with one attached hydrogen (secondary N) is 2. The van der Waals surface area contributed by atoms with E-state index in [1.165, 1.54) is 0 Å². The fourth-order valence-corrected chi connectivity index (χ4v) is 3.70. The van der Waals surface area contributed by atoms with Crippen LogP contribution in [0.1, 0.15) is 48.4 Å². The molecule has 27 heavy (non-hydrogen) atoms. The van der Waals surface area contributed by atoms with Gasteiger partial charge in [0.1, 0.15) is 5.70 Å². The van der Waals surface area contributed by atoms with Crippen LogP contribution < -0.4 is 11.5 Å². The van der Waals surface area contributed by atoms with Crippen LogP contribution in [0.4, 0.5) is 18.9 Å². The molecule has 1 aliphatic rings. The Balaban J connectivity index is 2.36. The first kappa shape index (κ1) is 18.9. The van der Waals surface area contributed by atoms with Crippen LogP contribution in [0.15, 0.2) is 23.9 Å². The number of pyridine rings is 1. The van der Waals surface area contributed by atoms with Crippen LogP contribution in [0.25, 0.3) is 16.5 Å². The third kappa shape index (κ3) is 3.39. The number of aromatic nitrogens is 1. The Hall–Kier alpha value is -2.90. The first-order valence-corrected chi connectivity index (χ1v) is 8.59. The van der Waals surface area contributed by atoms with E-state index in [4.69, 9.17) is 22.3 Å². The van der Waals surface area contributed by atoms with E-state index in [1.54, 1.807) is 18.2 Å². The van der Waals surface area contributed by atoms with E-state index in [9.17, 15) is 13.2 Å². The lowest BCUT2D eigenvalue weighted by Gasteiger charge is -2.18. The zero-order chi connectivity index (χ0) is 19.8. The molecule has 1 heterocycles. The van der Waals surface area contributed by atoms with Crippen LogP contribution in [0.2, 0.25) is 0 Å². The van der Waals surface area contributed by atoms with Crippen molar-refractivity contribution >= 4 is 34.6 Å². The molecule has 2 aromatic rings. The van der Waals surface area contributed by atoms with Crippen molar-refractivity contribution in [3.05, 3.63) is 40.7 Å². The minimum absolute atomic E-state index is 0.00919. The maximum absolute atomic E-state index is 13.1. The molecule has 1 aromatic heterocycles. The molecule has 1 aromatic carbocycles. The molecular formula is C19H20F3N5. The molecule has 1 saturated carbocycles. The van der Waals surface area contributed by atoms with Crippen LogP contribution in [-0.4, -0.2) is 23.6 Å². The molecule has 0 aliphatic heterocycles. The summed E-state index contributed by atoms with van der Waals surface area (Å²) in [5.41, 5.74) is 11.7. The average Bonchev–Trinajstić information content (AvgIpc) is 3.15. The summed E-state index contributed by atoms with van der Waals surface area (Å²) in [6, 6.07) is 4.79. The Kier molecular flexibility index (Phi) is 4.91. The maximum atomic E-state index is 13.1. The second kappa shape index (κ2) is 7.02. The lowest BCUT2D eigenvalue weighted by Crippen LogP contribution is -2.22. The zero-order valence-corrected chi connectivity index (χ0v) is 14.5. The van der Waals surface area contributed by atoms with E-state index < -0.39 is 17.4 Å². The van der Waals surface area contributed by atoms with E-state index in [-0.39, 0.29) is 11.6 Å². The molecule has 0 amide bonds. The Labute approximate surface area is 154 Å². The number of halogens is 3. The van der Waals surface area contributed by atoms with Crippen molar-refractivity contribution in [1.29, 1.82) is 10.8 Å². The predicted octanol–water partition coefficient (Wildman–Crippen LogP) is 4.35. The molecule has 1 fully saturated rings. The second-order valence-electron chi connectivity index (χ2n) is 6.65. The second-order valence-corrected chi connectivity index (χ2v) is 6.65. The molecule has 0 atom stereocenters. The van der Waals surface area contributed by atoms with Crippen molar-refractivity contribution in [2.45, 2.75) is 37.8 Å². The van der Waals surface area contributed by atoms with E-state index >= 15 is 0 Å². The van der Waals surface area contributed by atoms with Crippen LogP contribution in [0.3, 0.4) is 0 Å². The summed E-state index contributed by atoms with van der Waals surface area (Å²) >= 11 is 0. The van der Waals surface area contributed by atoms with Gasteiger partial charge in [0, 0.05) is 34.6 Å². The van der Waals surface area contributed by atoms with Crippen molar-refractivity contribution in [2.24, 2.45) is 5.73 Å². The molecule has 0 radical (unpaired) electrons. The number of alkyl halides is 3. The van der Waals surface area contributed by atoms with E-state index in [0.717, 1.165) is 37.5 Å². The van der Waals surface area contributed by atoms with Crippen molar-refractivity contribution < 1.29 is 13.2 Å². The Morgan fingerprint density at radius 1 is 1.19 bits per heavy atom. The number of rotatable bonds is 4. The van der Waals surface area contributed by atoms with Gasteiger partial charge in [-0.25, -0.2) is 4.98 Å². The molecule has 1 aliphatic carbocycles. The summed E-state index contributed by atoms with van der Waals surface area (Å²) in [4.78, 5) is 4.31.